The average Bonchev–Trinajstić information content (AvgIpc) is 2.58. The van der Waals surface area contributed by atoms with Gasteiger partial charge in [-0.25, -0.2) is 0 Å². The van der Waals surface area contributed by atoms with Gasteiger partial charge in [-0.2, -0.15) is 5.26 Å². The number of esters is 1. The van der Waals surface area contributed by atoms with Crippen LogP contribution in [0.2, 0.25) is 0 Å². The molecule has 0 radical (unpaired) electrons. The van der Waals surface area contributed by atoms with E-state index in [9.17, 15) is 9.59 Å². The first kappa shape index (κ1) is 16.7. The van der Waals surface area contributed by atoms with Crippen LogP contribution in [0.5, 0.6) is 0 Å². The lowest BCUT2D eigenvalue weighted by Gasteiger charge is -2.07. The van der Waals surface area contributed by atoms with E-state index in [1.165, 1.54) is 0 Å². The molecule has 0 atom stereocenters. The van der Waals surface area contributed by atoms with Gasteiger partial charge < -0.3 is 10.1 Å². The zero-order chi connectivity index (χ0) is 16.7. The summed E-state index contributed by atoms with van der Waals surface area (Å²) in [5.74, 6) is -0.876. The van der Waals surface area contributed by atoms with E-state index in [0.717, 1.165) is 10.0 Å². The maximum atomic E-state index is 11.9. The Labute approximate surface area is 142 Å². The van der Waals surface area contributed by atoms with Crippen LogP contribution in [0.25, 0.3) is 0 Å². The zero-order valence-corrected chi connectivity index (χ0v) is 13.7. The lowest BCUT2D eigenvalue weighted by Crippen LogP contribution is -2.30. The fourth-order valence-corrected chi connectivity index (χ4v) is 2.17. The number of nitrogens with one attached hydrogen (secondary N) is 1. The molecule has 2 aromatic rings. The minimum absolute atomic E-state index is 0.0945. The molecule has 0 saturated heterocycles. The van der Waals surface area contributed by atoms with Crippen LogP contribution in [0.3, 0.4) is 0 Å². The number of benzene rings is 2. The van der Waals surface area contributed by atoms with Gasteiger partial charge in [-0.3, -0.25) is 9.59 Å². The van der Waals surface area contributed by atoms with Crippen LogP contribution in [-0.4, -0.2) is 18.4 Å². The van der Waals surface area contributed by atoms with Crippen molar-refractivity contribution in [1.82, 2.24) is 5.32 Å². The molecule has 0 heterocycles. The number of rotatable bonds is 5. The molecule has 1 amide bonds. The highest BCUT2D eigenvalue weighted by atomic mass is 79.9. The van der Waals surface area contributed by atoms with Gasteiger partial charge in [0, 0.05) is 10.0 Å². The van der Waals surface area contributed by atoms with Crippen molar-refractivity contribution in [2.45, 2.75) is 6.61 Å². The van der Waals surface area contributed by atoms with Gasteiger partial charge in [-0.05, 0) is 35.9 Å². The monoisotopic (exact) mass is 372 g/mol. The molecule has 0 unspecified atom stereocenters. The second-order valence-electron chi connectivity index (χ2n) is 4.66. The topological polar surface area (TPSA) is 79.2 Å². The quantitative estimate of drug-likeness (QED) is 0.818. The van der Waals surface area contributed by atoms with Gasteiger partial charge in [0.25, 0.3) is 5.91 Å². The van der Waals surface area contributed by atoms with Crippen molar-refractivity contribution in [3.05, 3.63) is 69.7 Å². The molecule has 1 N–H and O–H groups in total. The van der Waals surface area contributed by atoms with Crippen molar-refractivity contribution in [2.75, 3.05) is 6.54 Å². The highest BCUT2D eigenvalue weighted by Crippen LogP contribution is 2.11. The minimum Gasteiger partial charge on any atom is -0.460 e. The first-order valence-electron chi connectivity index (χ1n) is 6.77. The first-order chi connectivity index (χ1) is 11.1. The second-order valence-corrected chi connectivity index (χ2v) is 5.58. The van der Waals surface area contributed by atoms with E-state index < -0.39 is 5.97 Å². The smallest absolute Gasteiger partial charge is 0.325 e. The molecule has 0 aliphatic rings. The molecule has 2 rings (SSSR count). The molecule has 6 heteroatoms. The fourth-order valence-electron chi connectivity index (χ4n) is 1.77. The number of hydrogen-bond acceptors (Lipinski definition) is 4. The molecular formula is C17H13BrN2O3. The molecule has 0 aliphatic carbocycles. The van der Waals surface area contributed by atoms with Crippen molar-refractivity contribution in [3.8, 4) is 6.07 Å². The number of nitrogens with zero attached hydrogens (tertiary/aromatic N) is 1. The summed E-state index contributed by atoms with van der Waals surface area (Å²) in [7, 11) is 0. The first-order valence-corrected chi connectivity index (χ1v) is 7.56. The molecule has 0 spiro atoms. The van der Waals surface area contributed by atoms with E-state index in [1.54, 1.807) is 42.5 Å². The van der Waals surface area contributed by atoms with Crippen molar-refractivity contribution in [2.24, 2.45) is 0 Å². The summed E-state index contributed by atoms with van der Waals surface area (Å²) in [6.45, 7) is -0.112. The van der Waals surface area contributed by atoms with Crippen LogP contribution in [-0.2, 0) is 16.1 Å². The molecule has 5 nitrogen and oxygen atoms in total. The number of hydrogen-bond donors (Lipinski definition) is 1. The zero-order valence-electron chi connectivity index (χ0n) is 12.1. The lowest BCUT2D eigenvalue weighted by atomic mass is 10.2. The third kappa shape index (κ3) is 5.24. The Bertz CT molecular complexity index is 751. The van der Waals surface area contributed by atoms with E-state index in [2.05, 4.69) is 21.2 Å². The number of nitriles is 1. The van der Waals surface area contributed by atoms with E-state index in [0.29, 0.717) is 11.1 Å². The van der Waals surface area contributed by atoms with Gasteiger partial charge in [0.1, 0.15) is 13.2 Å². The average molecular weight is 373 g/mol. The Balaban J connectivity index is 1.78. The van der Waals surface area contributed by atoms with Crippen molar-refractivity contribution in [3.63, 3.8) is 0 Å². The van der Waals surface area contributed by atoms with Crippen LogP contribution in [0.15, 0.2) is 53.0 Å². The highest BCUT2D eigenvalue weighted by Gasteiger charge is 2.09. The van der Waals surface area contributed by atoms with E-state index in [4.69, 9.17) is 10.00 Å². The van der Waals surface area contributed by atoms with Gasteiger partial charge in [0.05, 0.1) is 11.6 Å². The summed E-state index contributed by atoms with van der Waals surface area (Å²) >= 11 is 3.28. The lowest BCUT2D eigenvalue weighted by molar-refractivity contribution is -0.143. The Morgan fingerprint density at radius 2 is 1.91 bits per heavy atom. The summed E-state index contributed by atoms with van der Waals surface area (Å²) < 4.78 is 5.85. The van der Waals surface area contributed by atoms with E-state index in [1.807, 2.05) is 12.1 Å². The number of ether oxygens (including phenoxy) is 1. The predicted molar refractivity (Wildman–Crippen MR) is 87.4 cm³/mol. The van der Waals surface area contributed by atoms with Gasteiger partial charge in [-0.1, -0.05) is 34.1 Å². The van der Waals surface area contributed by atoms with Gasteiger partial charge in [-0.15, -0.1) is 0 Å². The number of amides is 1. The second kappa shape index (κ2) is 8.11. The minimum atomic E-state index is -0.530. The largest absolute Gasteiger partial charge is 0.460 e. The Kier molecular flexibility index (Phi) is 5.89. The van der Waals surface area contributed by atoms with Crippen LogP contribution >= 0.6 is 15.9 Å². The van der Waals surface area contributed by atoms with Crippen molar-refractivity contribution < 1.29 is 14.3 Å². The van der Waals surface area contributed by atoms with Crippen LogP contribution in [0, 0.1) is 11.3 Å². The predicted octanol–water partition coefficient (Wildman–Crippen LogP) is 2.79. The van der Waals surface area contributed by atoms with Crippen molar-refractivity contribution >= 4 is 27.8 Å². The molecule has 0 saturated carbocycles. The number of halogens is 1. The molecule has 0 fully saturated rings. The third-order valence-corrected chi connectivity index (χ3v) is 3.46. The summed E-state index contributed by atoms with van der Waals surface area (Å²) in [5, 5.41) is 11.2. The van der Waals surface area contributed by atoms with Crippen LogP contribution in [0.1, 0.15) is 21.5 Å². The standard InChI is InChI=1S/C17H13BrN2O3/c18-15-3-1-2-14(8-15)17(22)20-10-16(21)23-11-13-6-4-12(9-19)5-7-13/h1-8H,10-11H2,(H,20,22). The molecule has 116 valence electrons. The molecule has 0 aliphatic heterocycles. The van der Waals surface area contributed by atoms with E-state index >= 15 is 0 Å². The summed E-state index contributed by atoms with van der Waals surface area (Å²) in [6, 6.07) is 15.6. The molecule has 0 bridgehead atoms. The third-order valence-electron chi connectivity index (χ3n) is 2.96. The van der Waals surface area contributed by atoms with Crippen LogP contribution in [0.4, 0.5) is 0 Å². The molecule has 0 aromatic heterocycles. The molecule has 23 heavy (non-hydrogen) atoms. The van der Waals surface area contributed by atoms with E-state index in [-0.39, 0.29) is 19.1 Å². The van der Waals surface area contributed by atoms with Gasteiger partial charge >= 0.3 is 5.97 Å². The van der Waals surface area contributed by atoms with Gasteiger partial charge in [0.2, 0.25) is 0 Å². The Hall–Kier alpha value is -2.65. The maximum absolute atomic E-state index is 11.9. The maximum Gasteiger partial charge on any atom is 0.325 e. The normalized spacial score (nSPS) is 9.74. The number of carbonyl (C=O) groups is 2. The Morgan fingerprint density at radius 3 is 2.57 bits per heavy atom. The molecule has 2 aromatic carbocycles. The summed E-state index contributed by atoms with van der Waals surface area (Å²) in [6.07, 6.45) is 0. The van der Waals surface area contributed by atoms with Crippen molar-refractivity contribution in [1.29, 1.82) is 5.26 Å². The molecular weight excluding hydrogens is 360 g/mol. The fraction of sp³-hybridized carbons (Fsp3) is 0.118. The number of carbonyl (C=O) groups excluding carboxylic acids is 2. The van der Waals surface area contributed by atoms with Gasteiger partial charge in [0.15, 0.2) is 0 Å². The summed E-state index contributed by atoms with van der Waals surface area (Å²) in [4.78, 5) is 23.5. The summed E-state index contributed by atoms with van der Waals surface area (Å²) in [5.41, 5.74) is 1.77. The highest BCUT2D eigenvalue weighted by molar-refractivity contribution is 9.10. The Morgan fingerprint density at radius 1 is 1.17 bits per heavy atom. The van der Waals surface area contributed by atoms with Crippen LogP contribution < -0.4 is 5.32 Å². The SMILES string of the molecule is N#Cc1ccc(COC(=O)CNC(=O)c2cccc(Br)c2)cc1.